The second kappa shape index (κ2) is 6.80. The average molecular weight is 337 g/mol. The predicted molar refractivity (Wildman–Crippen MR) is 91.9 cm³/mol. The molecule has 2 saturated heterocycles. The number of hydrogen-bond acceptors (Lipinski definition) is 3. The van der Waals surface area contributed by atoms with E-state index in [4.69, 9.17) is 4.74 Å². The van der Waals surface area contributed by atoms with E-state index in [-0.39, 0.29) is 23.7 Å². The van der Waals surface area contributed by atoms with E-state index in [0.717, 1.165) is 50.9 Å². The third-order valence-corrected chi connectivity index (χ3v) is 5.80. The zero-order valence-electron chi connectivity index (χ0n) is 13.3. The molecule has 1 saturated carbocycles. The summed E-state index contributed by atoms with van der Waals surface area (Å²) in [4.78, 5) is 13.1. The predicted octanol–water partition coefficient (Wildman–Crippen LogP) is 2.02. The molecule has 126 valence electrons. The summed E-state index contributed by atoms with van der Waals surface area (Å²) < 4.78 is 5.66. The van der Waals surface area contributed by atoms with Crippen LogP contribution in [0.4, 0.5) is 0 Å². The Kier molecular flexibility index (Phi) is 4.95. The van der Waals surface area contributed by atoms with Gasteiger partial charge in [0, 0.05) is 18.6 Å². The van der Waals surface area contributed by atoms with Crippen molar-refractivity contribution in [1.29, 1.82) is 0 Å². The van der Waals surface area contributed by atoms with Crippen molar-refractivity contribution in [3.05, 3.63) is 35.9 Å². The van der Waals surface area contributed by atoms with Crippen molar-refractivity contribution >= 4 is 18.3 Å². The first-order valence-electron chi connectivity index (χ1n) is 8.48. The SMILES string of the molecule is Cl.O=C(N[C@H]1C[C@@H]2OCC[C@H]12)C1(c2ccccc2)CCNCC1. The van der Waals surface area contributed by atoms with Gasteiger partial charge < -0.3 is 15.4 Å². The van der Waals surface area contributed by atoms with E-state index in [9.17, 15) is 4.79 Å². The van der Waals surface area contributed by atoms with Gasteiger partial charge in [0.1, 0.15) is 0 Å². The topological polar surface area (TPSA) is 50.4 Å². The Hall–Kier alpha value is -1.10. The maximum atomic E-state index is 13.1. The Morgan fingerprint density at radius 2 is 1.96 bits per heavy atom. The Morgan fingerprint density at radius 1 is 1.22 bits per heavy atom. The lowest BCUT2D eigenvalue weighted by molar-refractivity contribution is -0.131. The van der Waals surface area contributed by atoms with Crippen molar-refractivity contribution in [1.82, 2.24) is 10.6 Å². The molecule has 1 amide bonds. The quantitative estimate of drug-likeness (QED) is 0.888. The molecule has 23 heavy (non-hydrogen) atoms. The molecule has 5 heteroatoms. The highest BCUT2D eigenvalue weighted by Crippen LogP contribution is 2.40. The third kappa shape index (κ3) is 2.88. The monoisotopic (exact) mass is 336 g/mol. The normalized spacial score (nSPS) is 31.4. The fraction of sp³-hybridized carbons (Fsp3) is 0.611. The van der Waals surface area contributed by atoms with Crippen LogP contribution in [0, 0.1) is 5.92 Å². The van der Waals surface area contributed by atoms with Crippen molar-refractivity contribution in [3.63, 3.8) is 0 Å². The summed E-state index contributed by atoms with van der Waals surface area (Å²) in [5.74, 6) is 0.758. The number of piperidine rings is 1. The number of carbonyl (C=O) groups is 1. The summed E-state index contributed by atoms with van der Waals surface area (Å²) in [5, 5.41) is 6.73. The van der Waals surface area contributed by atoms with Gasteiger partial charge in [-0.3, -0.25) is 4.79 Å². The molecule has 0 aromatic heterocycles. The molecular formula is C18H25ClN2O2. The number of fused-ring (bicyclic) bond motifs is 1. The van der Waals surface area contributed by atoms with Crippen molar-refractivity contribution < 1.29 is 9.53 Å². The maximum Gasteiger partial charge on any atom is 0.230 e. The lowest BCUT2D eigenvalue weighted by Gasteiger charge is -2.43. The molecule has 0 spiro atoms. The van der Waals surface area contributed by atoms with Crippen LogP contribution < -0.4 is 10.6 Å². The van der Waals surface area contributed by atoms with Crippen LogP contribution in [0.1, 0.15) is 31.2 Å². The van der Waals surface area contributed by atoms with Gasteiger partial charge in [0.25, 0.3) is 0 Å². The lowest BCUT2D eigenvalue weighted by atomic mass is 9.70. The number of nitrogens with one attached hydrogen (secondary N) is 2. The van der Waals surface area contributed by atoms with Gasteiger partial charge in [-0.25, -0.2) is 0 Å². The molecule has 1 aliphatic carbocycles. The summed E-state index contributed by atoms with van der Waals surface area (Å²) in [7, 11) is 0. The van der Waals surface area contributed by atoms with Crippen LogP contribution in [0.2, 0.25) is 0 Å². The first-order valence-corrected chi connectivity index (χ1v) is 8.48. The Morgan fingerprint density at radius 3 is 2.65 bits per heavy atom. The first-order chi connectivity index (χ1) is 10.8. The van der Waals surface area contributed by atoms with Gasteiger partial charge in [-0.1, -0.05) is 30.3 Å². The second-order valence-electron chi connectivity index (χ2n) is 6.88. The fourth-order valence-electron chi connectivity index (χ4n) is 4.33. The Balaban J connectivity index is 0.00000156. The van der Waals surface area contributed by atoms with Crippen LogP contribution in [0.5, 0.6) is 0 Å². The molecule has 2 heterocycles. The lowest BCUT2D eigenvalue weighted by Crippen LogP contribution is -2.59. The Labute approximate surface area is 143 Å². The second-order valence-corrected chi connectivity index (χ2v) is 6.88. The summed E-state index contributed by atoms with van der Waals surface area (Å²) >= 11 is 0. The molecule has 3 atom stereocenters. The molecule has 0 unspecified atom stereocenters. The van der Waals surface area contributed by atoms with Crippen molar-refractivity contribution in [2.75, 3.05) is 19.7 Å². The molecule has 3 fully saturated rings. The molecule has 4 rings (SSSR count). The summed E-state index contributed by atoms with van der Waals surface area (Å²) in [5.41, 5.74) is 0.796. The number of benzene rings is 1. The highest BCUT2D eigenvalue weighted by atomic mass is 35.5. The molecule has 0 bridgehead atoms. The van der Waals surface area contributed by atoms with Crippen molar-refractivity contribution in [2.45, 2.75) is 43.2 Å². The van der Waals surface area contributed by atoms with Gasteiger partial charge in [-0.05, 0) is 44.3 Å². The van der Waals surface area contributed by atoms with Crippen LogP contribution in [0.25, 0.3) is 0 Å². The molecule has 2 N–H and O–H groups in total. The third-order valence-electron chi connectivity index (χ3n) is 5.80. The van der Waals surface area contributed by atoms with Gasteiger partial charge >= 0.3 is 0 Å². The highest BCUT2D eigenvalue weighted by molar-refractivity contribution is 5.88. The van der Waals surface area contributed by atoms with E-state index in [0.29, 0.717) is 18.1 Å². The van der Waals surface area contributed by atoms with Gasteiger partial charge in [-0.15, -0.1) is 12.4 Å². The van der Waals surface area contributed by atoms with Crippen molar-refractivity contribution in [3.8, 4) is 0 Å². The fourth-order valence-corrected chi connectivity index (χ4v) is 4.33. The van der Waals surface area contributed by atoms with E-state index >= 15 is 0 Å². The first kappa shape index (κ1) is 16.7. The largest absolute Gasteiger partial charge is 0.378 e. The van der Waals surface area contributed by atoms with Crippen LogP contribution in [-0.4, -0.2) is 37.7 Å². The molecule has 1 aromatic carbocycles. The summed E-state index contributed by atoms with van der Waals surface area (Å²) in [6.45, 7) is 2.67. The van der Waals surface area contributed by atoms with E-state index < -0.39 is 0 Å². The molecule has 3 aliphatic rings. The number of carbonyl (C=O) groups excluding carboxylic acids is 1. The minimum absolute atomic E-state index is 0. The van der Waals surface area contributed by atoms with Crippen LogP contribution >= 0.6 is 12.4 Å². The van der Waals surface area contributed by atoms with Crippen molar-refractivity contribution in [2.24, 2.45) is 5.92 Å². The molecule has 0 radical (unpaired) electrons. The van der Waals surface area contributed by atoms with Gasteiger partial charge in [0.15, 0.2) is 0 Å². The van der Waals surface area contributed by atoms with Crippen LogP contribution in [0.3, 0.4) is 0 Å². The number of hydrogen-bond donors (Lipinski definition) is 2. The summed E-state index contributed by atoms with van der Waals surface area (Å²) in [6.07, 6.45) is 4.22. The van der Waals surface area contributed by atoms with Crippen LogP contribution in [0.15, 0.2) is 30.3 Å². The van der Waals surface area contributed by atoms with E-state index in [1.54, 1.807) is 0 Å². The number of rotatable bonds is 3. The molecular weight excluding hydrogens is 312 g/mol. The number of amides is 1. The maximum absolute atomic E-state index is 13.1. The smallest absolute Gasteiger partial charge is 0.230 e. The van der Waals surface area contributed by atoms with Gasteiger partial charge in [0.2, 0.25) is 5.91 Å². The average Bonchev–Trinajstić information content (AvgIpc) is 2.95. The van der Waals surface area contributed by atoms with Crippen LogP contribution in [-0.2, 0) is 14.9 Å². The summed E-state index contributed by atoms with van der Waals surface area (Å²) in [6, 6.07) is 10.6. The molecule has 1 aromatic rings. The highest BCUT2D eigenvalue weighted by Gasteiger charge is 2.49. The van der Waals surface area contributed by atoms with E-state index in [1.807, 2.05) is 18.2 Å². The molecule has 2 aliphatic heterocycles. The standard InChI is InChI=1S/C18H24N2O2.ClH/c21-17(20-15-12-16-14(15)6-11-22-16)18(7-9-19-10-8-18)13-4-2-1-3-5-13;/h1-5,14-16,19H,6-12H2,(H,20,21);1H/t14-,15+,16+;/m1./s1. The Bertz CT molecular complexity index is 545. The number of ether oxygens (including phenoxy) is 1. The number of halogens is 1. The zero-order chi connectivity index (χ0) is 15.0. The van der Waals surface area contributed by atoms with Gasteiger partial charge in [-0.2, -0.15) is 0 Å². The minimum atomic E-state index is -0.364. The van der Waals surface area contributed by atoms with Gasteiger partial charge in [0.05, 0.1) is 11.5 Å². The molecule has 4 nitrogen and oxygen atoms in total. The zero-order valence-corrected chi connectivity index (χ0v) is 14.1. The van der Waals surface area contributed by atoms with E-state index in [2.05, 4.69) is 22.8 Å². The van der Waals surface area contributed by atoms with E-state index in [1.165, 1.54) is 0 Å². The minimum Gasteiger partial charge on any atom is -0.378 e.